The minimum absolute atomic E-state index is 0.126. The molecule has 2 nitrogen and oxygen atoms in total. The minimum atomic E-state index is -1.37. The third-order valence-electron chi connectivity index (χ3n) is 4.68. The Bertz CT molecular complexity index is 699. The number of aliphatic imine (C=N–C) groups is 1. The molecule has 2 aliphatic rings. The molecule has 0 N–H and O–H groups in total. The SMILES string of the molecule is C[Si](C)(C)C(P1OC(c2ccccc2)N=C1C1=CC=CC1)[Si](C)(C)C. The van der Waals surface area contributed by atoms with Gasteiger partial charge >= 0.3 is 0 Å². The highest BCUT2D eigenvalue weighted by Crippen LogP contribution is 2.60. The lowest BCUT2D eigenvalue weighted by atomic mass is 10.2. The van der Waals surface area contributed by atoms with Gasteiger partial charge in [0.1, 0.15) is 0 Å². The van der Waals surface area contributed by atoms with Crippen molar-refractivity contribution in [1.82, 2.24) is 0 Å². The molecule has 134 valence electrons. The van der Waals surface area contributed by atoms with Crippen LogP contribution in [0.3, 0.4) is 0 Å². The van der Waals surface area contributed by atoms with Crippen LogP contribution in [-0.2, 0) is 4.52 Å². The van der Waals surface area contributed by atoms with E-state index in [0.717, 1.165) is 6.42 Å². The van der Waals surface area contributed by atoms with E-state index in [1.807, 2.05) is 0 Å². The summed E-state index contributed by atoms with van der Waals surface area (Å²) >= 11 is 0. The van der Waals surface area contributed by atoms with Gasteiger partial charge in [-0.1, -0.05) is 87.8 Å². The number of allylic oxidation sites excluding steroid dienone is 4. The zero-order valence-corrected chi connectivity index (χ0v) is 19.2. The first-order valence-electron chi connectivity index (χ1n) is 9.13. The van der Waals surface area contributed by atoms with Crippen molar-refractivity contribution in [2.24, 2.45) is 4.99 Å². The first kappa shape index (κ1) is 19.0. The Hall–Kier alpha value is -0.806. The summed E-state index contributed by atoms with van der Waals surface area (Å²) in [6, 6.07) is 10.5. The van der Waals surface area contributed by atoms with Gasteiger partial charge in [-0.15, -0.1) is 0 Å². The molecule has 0 aromatic heterocycles. The summed E-state index contributed by atoms with van der Waals surface area (Å²) in [5.41, 5.74) is 3.84. The first-order valence-corrected chi connectivity index (χ1v) is 17.6. The van der Waals surface area contributed by atoms with Gasteiger partial charge in [0, 0.05) is 5.56 Å². The fraction of sp³-hybridized carbons (Fsp3) is 0.450. The van der Waals surface area contributed by atoms with Gasteiger partial charge < -0.3 is 4.52 Å². The van der Waals surface area contributed by atoms with Crippen LogP contribution in [0.4, 0.5) is 0 Å². The summed E-state index contributed by atoms with van der Waals surface area (Å²) in [5, 5.41) is 0. The Morgan fingerprint density at radius 2 is 1.68 bits per heavy atom. The van der Waals surface area contributed by atoms with Gasteiger partial charge in [-0.2, -0.15) is 0 Å². The van der Waals surface area contributed by atoms with E-state index in [4.69, 9.17) is 9.52 Å². The number of nitrogens with zero attached hydrogens (tertiary/aromatic N) is 1. The summed E-state index contributed by atoms with van der Waals surface area (Å²) < 4.78 is 6.75. The van der Waals surface area contributed by atoms with Gasteiger partial charge in [0.25, 0.3) is 0 Å². The molecule has 1 aliphatic heterocycles. The molecule has 1 aliphatic carbocycles. The van der Waals surface area contributed by atoms with Crippen molar-refractivity contribution in [2.75, 3.05) is 0 Å². The largest absolute Gasteiger partial charge is 0.324 e. The molecule has 0 saturated carbocycles. The molecule has 0 amide bonds. The summed E-state index contributed by atoms with van der Waals surface area (Å²) in [5.74, 6) is 0. The second-order valence-corrected chi connectivity index (χ2v) is 23.1. The fourth-order valence-electron chi connectivity index (χ4n) is 4.13. The van der Waals surface area contributed by atoms with Crippen molar-refractivity contribution in [2.45, 2.75) is 56.8 Å². The van der Waals surface area contributed by atoms with Gasteiger partial charge in [0.05, 0.1) is 29.7 Å². The molecule has 0 radical (unpaired) electrons. The summed E-state index contributed by atoms with van der Waals surface area (Å²) in [6.07, 6.45) is 7.53. The van der Waals surface area contributed by atoms with Gasteiger partial charge in [0.15, 0.2) is 6.23 Å². The number of hydrogen-bond donors (Lipinski definition) is 0. The second kappa shape index (κ2) is 7.07. The van der Waals surface area contributed by atoms with Crippen LogP contribution in [0.25, 0.3) is 0 Å². The monoisotopic (exact) mass is 387 g/mol. The van der Waals surface area contributed by atoms with Crippen LogP contribution < -0.4 is 0 Å². The molecule has 0 fully saturated rings. The predicted octanol–water partition coefficient (Wildman–Crippen LogP) is 6.52. The van der Waals surface area contributed by atoms with Crippen LogP contribution in [0.15, 0.2) is 59.1 Å². The Labute approximate surface area is 156 Å². The molecule has 0 bridgehead atoms. The van der Waals surface area contributed by atoms with E-state index < -0.39 is 24.3 Å². The molecule has 0 saturated heterocycles. The van der Waals surface area contributed by atoms with Crippen LogP contribution in [0, 0.1) is 0 Å². The Morgan fingerprint density at radius 3 is 2.20 bits per heavy atom. The van der Waals surface area contributed by atoms with Crippen molar-refractivity contribution in [1.29, 1.82) is 0 Å². The molecule has 3 rings (SSSR count). The van der Waals surface area contributed by atoms with E-state index in [9.17, 15) is 0 Å². The molecule has 2 atom stereocenters. The zero-order valence-electron chi connectivity index (χ0n) is 16.3. The molecule has 1 heterocycles. The van der Waals surface area contributed by atoms with Crippen molar-refractivity contribution in [3.05, 3.63) is 59.7 Å². The molecule has 25 heavy (non-hydrogen) atoms. The first-order chi connectivity index (χ1) is 11.7. The topological polar surface area (TPSA) is 21.6 Å². The summed E-state index contributed by atoms with van der Waals surface area (Å²) in [4.78, 5) is 5.84. The molecule has 2 unspecified atom stereocenters. The van der Waals surface area contributed by atoms with E-state index in [1.165, 1.54) is 16.6 Å². The zero-order chi connectivity index (χ0) is 18.2. The maximum absolute atomic E-state index is 6.75. The van der Waals surface area contributed by atoms with Gasteiger partial charge in [-0.3, -0.25) is 0 Å². The highest BCUT2D eigenvalue weighted by Gasteiger charge is 2.49. The predicted molar refractivity (Wildman–Crippen MR) is 117 cm³/mol. The fourth-order valence-corrected chi connectivity index (χ4v) is 22.8. The van der Waals surface area contributed by atoms with Gasteiger partial charge in [0.2, 0.25) is 0 Å². The van der Waals surface area contributed by atoms with Crippen LogP contribution in [0.2, 0.25) is 39.3 Å². The average molecular weight is 388 g/mol. The standard InChI is InChI=1S/C20H30NOPSi2/c1-24(2,3)20(25(4,5)6)23-19(17-14-10-11-15-17)21-18(22-23)16-12-8-7-9-13-16/h7-14,18,20H,15H2,1-6H3. The number of hydrogen-bond acceptors (Lipinski definition) is 2. The highest BCUT2D eigenvalue weighted by molar-refractivity contribution is 7.77. The van der Waals surface area contributed by atoms with Crippen molar-refractivity contribution >= 4 is 29.7 Å². The van der Waals surface area contributed by atoms with Crippen LogP contribution in [-0.4, -0.2) is 26.5 Å². The lowest BCUT2D eigenvalue weighted by molar-refractivity contribution is 0.258. The third-order valence-corrected chi connectivity index (χ3v) is 20.9. The molecule has 1 aromatic carbocycles. The molecular formula is C20H30NOPSi2. The van der Waals surface area contributed by atoms with Crippen LogP contribution >= 0.6 is 8.15 Å². The molecular weight excluding hydrogens is 357 g/mol. The van der Waals surface area contributed by atoms with E-state index in [1.54, 1.807) is 0 Å². The van der Waals surface area contributed by atoms with Crippen molar-refractivity contribution in [3.8, 4) is 0 Å². The Kier molecular flexibility index (Phi) is 5.37. The van der Waals surface area contributed by atoms with E-state index >= 15 is 0 Å². The number of rotatable bonds is 5. The lowest BCUT2D eigenvalue weighted by Crippen LogP contribution is -2.53. The third kappa shape index (κ3) is 4.14. The molecule has 1 aromatic rings. The maximum atomic E-state index is 6.75. The highest BCUT2D eigenvalue weighted by atomic mass is 31.1. The quantitative estimate of drug-likeness (QED) is 0.416. The van der Waals surface area contributed by atoms with E-state index in [0.29, 0.717) is 4.91 Å². The smallest absolute Gasteiger partial charge is 0.179 e. The molecule has 5 heteroatoms. The summed E-state index contributed by atoms with van der Waals surface area (Å²) in [6.45, 7) is 15.1. The maximum Gasteiger partial charge on any atom is 0.179 e. The normalized spacial score (nSPS) is 24.0. The van der Waals surface area contributed by atoms with E-state index in [-0.39, 0.29) is 6.23 Å². The van der Waals surface area contributed by atoms with E-state index in [2.05, 4.69) is 87.8 Å². The van der Waals surface area contributed by atoms with Crippen molar-refractivity contribution in [3.63, 3.8) is 0 Å². The number of benzene rings is 1. The second-order valence-electron chi connectivity index (χ2n) is 9.11. The van der Waals surface area contributed by atoms with Crippen LogP contribution in [0.5, 0.6) is 0 Å². The van der Waals surface area contributed by atoms with Gasteiger partial charge in [-0.25, -0.2) is 4.99 Å². The molecule has 0 spiro atoms. The Balaban J connectivity index is 2.01. The lowest BCUT2D eigenvalue weighted by Gasteiger charge is -2.42. The van der Waals surface area contributed by atoms with Crippen molar-refractivity contribution < 1.29 is 4.52 Å². The van der Waals surface area contributed by atoms with Crippen LogP contribution in [0.1, 0.15) is 18.2 Å². The average Bonchev–Trinajstić information content (AvgIpc) is 3.14. The van der Waals surface area contributed by atoms with Gasteiger partial charge in [-0.05, 0) is 16.9 Å². The Morgan fingerprint density at radius 1 is 1.04 bits per heavy atom. The minimum Gasteiger partial charge on any atom is -0.324 e. The summed E-state index contributed by atoms with van der Waals surface area (Å²) in [7, 11) is -3.40.